The van der Waals surface area contributed by atoms with Gasteiger partial charge in [-0.15, -0.1) is 21.5 Å². The number of halogens is 3. The molecular formula is C17H11F3N6OS2. The van der Waals surface area contributed by atoms with Crippen molar-refractivity contribution in [2.24, 2.45) is 0 Å². The summed E-state index contributed by atoms with van der Waals surface area (Å²) >= 11 is 1.88. The van der Waals surface area contributed by atoms with Crippen LogP contribution in [0.15, 0.2) is 57.7 Å². The predicted octanol–water partition coefficient (Wildman–Crippen LogP) is 4.36. The van der Waals surface area contributed by atoms with E-state index in [-0.39, 0.29) is 4.34 Å². The Labute approximate surface area is 170 Å². The number of hydrogen-bond donors (Lipinski definition) is 0. The van der Waals surface area contributed by atoms with Crippen molar-refractivity contribution in [3.63, 3.8) is 0 Å². The van der Waals surface area contributed by atoms with E-state index < -0.39 is 11.9 Å². The van der Waals surface area contributed by atoms with Gasteiger partial charge in [-0.1, -0.05) is 0 Å². The summed E-state index contributed by atoms with van der Waals surface area (Å²) in [6.07, 6.45) is 0.0838. The van der Waals surface area contributed by atoms with Gasteiger partial charge in [-0.25, -0.2) is 9.97 Å². The number of thiazole rings is 1. The summed E-state index contributed by atoms with van der Waals surface area (Å²) in [5.41, 5.74) is 0.221. The van der Waals surface area contributed by atoms with Crippen molar-refractivity contribution in [1.29, 1.82) is 0 Å². The second kappa shape index (κ2) is 7.79. The Morgan fingerprint density at radius 2 is 1.90 bits per heavy atom. The Balaban J connectivity index is 1.77. The summed E-state index contributed by atoms with van der Waals surface area (Å²) in [6, 6.07) is 7.09. The average Bonchev–Trinajstić information content (AvgIpc) is 3.36. The first-order chi connectivity index (χ1) is 14.0. The molecule has 0 atom stereocenters. The van der Waals surface area contributed by atoms with Crippen molar-refractivity contribution in [2.45, 2.75) is 15.7 Å². The van der Waals surface area contributed by atoms with Gasteiger partial charge in [-0.2, -0.15) is 13.2 Å². The van der Waals surface area contributed by atoms with Crippen LogP contribution in [-0.2, 0) is 6.18 Å². The molecule has 1 aromatic carbocycles. The summed E-state index contributed by atoms with van der Waals surface area (Å²) in [5.74, 6) is 1.06. The average molecular weight is 436 g/mol. The normalized spacial score (nSPS) is 11.6. The molecule has 4 rings (SSSR count). The second-order valence-corrected chi connectivity index (χ2v) is 7.60. The second-order valence-electron chi connectivity index (χ2n) is 5.53. The van der Waals surface area contributed by atoms with Crippen molar-refractivity contribution >= 4 is 23.1 Å². The molecule has 0 aliphatic carbocycles. The number of ether oxygens (including phenoxy) is 1. The van der Waals surface area contributed by atoms with Crippen LogP contribution in [0.2, 0.25) is 0 Å². The fraction of sp³-hybridized carbons (Fsp3) is 0.118. The van der Waals surface area contributed by atoms with E-state index in [1.807, 2.05) is 0 Å². The molecule has 0 amide bonds. The van der Waals surface area contributed by atoms with Crippen LogP contribution in [0.1, 0.15) is 5.69 Å². The quantitative estimate of drug-likeness (QED) is 0.460. The fourth-order valence-corrected chi connectivity index (χ4v) is 4.17. The summed E-state index contributed by atoms with van der Waals surface area (Å²) in [6.45, 7) is 0. The van der Waals surface area contributed by atoms with Crippen molar-refractivity contribution in [2.75, 3.05) is 7.11 Å². The van der Waals surface area contributed by atoms with Gasteiger partial charge >= 0.3 is 6.18 Å². The lowest BCUT2D eigenvalue weighted by Crippen LogP contribution is -2.05. The van der Waals surface area contributed by atoms with Crippen molar-refractivity contribution in [3.05, 3.63) is 53.9 Å². The molecule has 0 bridgehead atoms. The smallest absolute Gasteiger partial charge is 0.434 e. The third-order valence-electron chi connectivity index (χ3n) is 3.71. The third-order valence-corrected chi connectivity index (χ3v) is 5.59. The van der Waals surface area contributed by atoms with Gasteiger partial charge < -0.3 is 4.74 Å². The van der Waals surface area contributed by atoms with E-state index in [0.717, 1.165) is 28.5 Å². The summed E-state index contributed by atoms with van der Waals surface area (Å²) in [4.78, 5) is 11.9. The topological polar surface area (TPSA) is 78.6 Å². The molecule has 0 unspecified atom stereocenters. The van der Waals surface area contributed by atoms with E-state index in [4.69, 9.17) is 4.74 Å². The maximum absolute atomic E-state index is 12.9. The highest BCUT2D eigenvalue weighted by molar-refractivity contribution is 8.00. The predicted molar refractivity (Wildman–Crippen MR) is 100 cm³/mol. The number of aromatic nitrogens is 6. The monoisotopic (exact) mass is 436 g/mol. The van der Waals surface area contributed by atoms with Crippen LogP contribution in [0.3, 0.4) is 0 Å². The van der Waals surface area contributed by atoms with Crippen LogP contribution in [0.5, 0.6) is 5.75 Å². The molecule has 0 saturated heterocycles. The molecule has 7 nitrogen and oxygen atoms in total. The minimum absolute atomic E-state index is 0.199. The molecule has 12 heteroatoms. The van der Waals surface area contributed by atoms with Crippen LogP contribution >= 0.6 is 23.1 Å². The minimum atomic E-state index is -4.50. The van der Waals surface area contributed by atoms with Crippen LogP contribution < -0.4 is 4.74 Å². The molecule has 0 N–H and O–H groups in total. The molecule has 0 fully saturated rings. The Morgan fingerprint density at radius 1 is 1.10 bits per heavy atom. The summed E-state index contributed by atoms with van der Waals surface area (Å²) in [5, 5.41) is 9.63. The lowest BCUT2D eigenvalue weighted by molar-refractivity contribution is -0.141. The first-order valence-corrected chi connectivity index (χ1v) is 9.72. The Morgan fingerprint density at radius 3 is 2.52 bits per heavy atom. The van der Waals surface area contributed by atoms with E-state index in [2.05, 4.69) is 25.1 Å². The molecule has 3 heterocycles. The molecular weight excluding hydrogens is 425 g/mol. The fourth-order valence-electron chi connectivity index (χ4n) is 2.39. The van der Waals surface area contributed by atoms with Crippen LogP contribution in [0.4, 0.5) is 13.2 Å². The highest BCUT2D eigenvalue weighted by atomic mass is 32.2. The lowest BCUT2D eigenvalue weighted by Gasteiger charge is -2.10. The molecule has 29 heavy (non-hydrogen) atoms. The van der Waals surface area contributed by atoms with Crippen LogP contribution in [-0.4, -0.2) is 36.8 Å². The van der Waals surface area contributed by atoms with E-state index >= 15 is 0 Å². The first-order valence-electron chi connectivity index (χ1n) is 8.02. The first kappa shape index (κ1) is 19.3. The van der Waals surface area contributed by atoms with Gasteiger partial charge in [0.2, 0.25) is 5.16 Å². The number of methoxy groups -OCH3 is 1. The zero-order valence-electron chi connectivity index (χ0n) is 14.7. The Bertz CT molecular complexity index is 1110. The van der Waals surface area contributed by atoms with E-state index in [9.17, 15) is 13.2 Å². The van der Waals surface area contributed by atoms with E-state index in [1.54, 1.807) is 35.9 Å². The Kier molecular flexibility index (Phi) is 5.20. The molecule has 0 spiro atoms. The largest absolute Gasteiger partial charge is 0.497 e. The van der Waals surface area contributed by atoms with Gasteiger partial charge in [0.15, 0.2) is 15.9 Å². The molecule has 0 aliphatic rings. The summed E-state index contributed by atoms with van der Waals surface area (Å²) < 4.78 is 45.6. The number of rotatable bonds is 5. The van der Waals surface area contributed by atoms with Gasteiger partial charge in [0.05, 0.1) is 19.0 Å². The zero-order valence-corrected chi connectivity index (χ0v) is 16.3. The molecule has 148 valence electrons. The molecule has 0 aliphatic heterocycles. The van der Waals surface area contributed by atoms with Crippen molar-refractivity contribution in [1.82, 2.24) is 29.7 Å². The number of nitrogens with zero attached hydrogens (tertiary/aromatic N) is 6. The number of hydrogen-bond acceptors (Lipinski definition) is 8. The Hall–Kier alpha value is -2.99. The lowest BCUT2D eigenvalue weighted by atomic mass is 10.3. The van der Waals surface area contributed by atoms with Crippen molar-refractivity contribution in [3.8, 4) is 23.0 Å². The van der Waals surface area contributed by atoms with Crippen LogP contribution in [0.25, 0.3) is 17.2 Å². The third kappa shape index (κ3) is 4.07. The maximum atomic E-state index is 12.9. The summed E-state index contributed by atoms with van der Waals surface area (Å²) in [7, 11) is 1.56. The highest BCUT2D eigenvalue weighted by Gasteiger charge is 2.34. The SMILES string of the molecule is COc1ccc(-n2c(Sc3nc(C(F)(F)F)cs3)nnc2-c2cnccn2)cc1. The van der Waals surface area contributed by atoms with Gasteiger partial charge in [0, 0.05) is 17.8 Å². The van der Waals surface area contributed by atoms with E-state index in [1.165, 1.54) is 18.6 Å². The zero-order chi connectivity index (χ0) is 20.4. The van der Waals surface area contributed by atoms with Gasteiger partial charge in [-0.05, 0) is 36.0 Å². The van der Waals surface area contributed by atoms with E-state index in [0.29, 0.717) is 28.1 Å². The highest BCUT2D eigenvalue weighted by Crippen LogP contribution is 2.37. The molecule has 0 radical (unpaired) electrons. The standard InChI is InChI=1S/C17H11F3N6OS2/c1-27-11-4-2-10(3-5-11)26-14(12-8-21-6-7-22-12)24-25-15(26)29-16-23-13(9-28-16)17(18,19)20/h2-9H,1H3. The molecule has 3 aromatic heterocycles. The number of alkyl halides is 3. The van der Waals surface area contributed by atoms with Crippen LogP contribution in [0, 0.1) is 0 Å². The van der Waals surface area contributed by atoms with Gasteiger partial charge in [0.1, 0.15) is 11.4 Å². The molecule has 0 saturated carbocycles. The number of benzene rings is 1. The maximum Gasteiger partial charge on any atom is 0.434 e. The van der Waals surface area contributed by atoms with Gasteiger partial charge in [0.25, 0.3) is 0 Å². The van der Waals surface area contributed by atoms with Gasteiger partial charge in [-0.3, -0.25) is 9.55 Å². The van der Waals surface area contributed by atoms with Crippen molar-refractivity contribution < 1.29 is 17.9 Å². The molecule has 4 aromatic rings. The minimum Gasteiger partial charge on any atom is -0.497 e.